The highest BCUT2D eigenvalue weighted by Gasteiger charge is 2.35. The van der Waals surface area contributed by atoms with Crippen LogP contribution in [0, 0.1) is 0 Å². The fourth-order valence-electron chi connectivity index (χ4n) is 4.22. The second kappa shape index (κ2) is 10.5. The van der Waals surface area contributed by atoms with E-state index < -0.39 is 29.4 Å². The van der Waals surface area contributed by atoms with Crippen LogP contribution in [0.1, 0.15) is 62.9 Å². The highest BCUT2D eigenvalue weighted by Crippen LogP contribution is 2.36. The number of carbonyl (C=O) groups is 5. The Balaban J connectivity index is 0.00000336. The summed E-state index contributed by atoms with van der Waals surface area (Å²) in [6.07, 6.45) is 0. The van der Waals surface area contributed by atoms with Gasteiger partial charge in [-0.05, 0) is 42.5 Å². The number of hydrogen-bond donors (Lipinski definition) is 3. The second-order valence-corrected chi connectivity index (χ2v) is 8.28. The Morgan fingerprint density at radius 2 is 1.05 bits per heavy atom. The molecule has 9 heteroatoms. The molecule has 8 nitrogen and oxygen atoms in total. The van der Waals surface area contributed by atoms with E-state index in [0.717, 1.165) is 12.1 Å². The van der Waals surface area contributed by atoms with Crippen LogP contribution >= 0.6 is 12.4 Å². The van der Waals surface area contributed by atoms with Crippen molar-refractivity contribution in [3.8, 4) is 0 Å². The minimum absolute atomic E-state index is 0. The number of carbonyl (C=O) groups excluding carboxylic acids is 4. The number of fused-ring (bicyclic) bond motifs is 2. The van der Waals surface area contributed by atoms with Gasteiger partial charge in [0.1, 0.15) is 0 Å². The van der Waals surface area contributed by atoms with E-state index in [1.807, 2.05) is 0 Å². The zero-order valence-electron chi connectivity index (χ0n) is 19.6. The van der Waals surface area contributed by atoms with Gasteiger partial charge in [0.05, 0.1) is 28.1 Å². The molecule has 5 rings (SSSR count). The molecule has 2 amide bonds. The first kappa shape index (κ1) is 26.0. The molecular formula is C29H19ClN2O6. The number of carboxylic acids is 1. The Morgan fingerprint density at radius 3 is 1.61 bits per heavy atom. The van der Waals surface area contributed by atoms with Crippen molar-refractivity contribution in [1.29, 1.82) is 0 Å². The van der Waals surface area contributed by atoms with E-state index in [1.54, 1.807) is 60.7 Å². The summed E-state index contributed by atoms with van der Waals surface area (Å²) in [5.74, 6) is -3.61. The maximum Gasteiger partial charge on any atom is 0.335 e. The molecule has 1 aliphatic rings. The van der Waals surface area contributed by atoms with Gasteiger partial charge in [0, 0.05) is 22.3 Å². The average Bonchev–Trinajstić information content (AvgIpc) is 2.92. The summed E-state index contributed by atoms with van der Waals surface area (Å²) in [7, 11) is 0. The van der Waals surface area contributed by atoms with Gasteiger partial charge in [-0.1, -0.05) is 48.5 Å². The molecule has 4 aromatic rings. The van der Waals surface area contributed by atoms with E-state index in [9.17, 15) is 29.1 Å². The fraction of sp³-hybridized carbons (Fsp3) is 0. The van der Waals surface area contributed by atoms with Crippen LogP contribution < -0.4 is 10.6 Å². The Hall–Kier alpha value is -5.08. The molecule has 188 valence electrons. The molecule has 0 fully saturated rings. The van der Waals surface area contributed by atoms with Gasteiger partial charge < -0.3 is 15.7 Å². The summed E-state index contributed by atoms with van der Waals surface area (Å²) >= 11 is 0. The molecule has 0 saturated carbocycles. The molecule has 0 spiro atoms. The van der Waals surface area contributed by atoms with Gasteiger partial charge in [-0.15, -0.1) is 12.4 Å². The van der Waals surface area contributed by atoms with E-state index in [2.05, 4.69) is 10.6 Å². The lowest BCUT2D eigenvalue weighted by atomic mass is 9.81. The number of carboxylic acid groups (broad SMARTS) is 1. The zero-order chi connectivity index (χ0) is 26.1. The standard InChI is InChI=1S/C29H18N2O6.ClH/c32-25-19-12-7-13-21(30-27(34)16-8-3-1-4-9-16)23(19)26(33)20-14-18(29(36)37)15-22(24(20)25)31-28(35)17-10-5-2-6-11-17;/h1-15H,(H,30,34)(H,31,35)(H,36,37);1H. The second-order valence-electron chi connectivity index (χ2n) is 8.28. The van der Waals surface area contributed by atoms with Gasteiger partial charge in [-0.2, -0.15) is 0 Å². The Morgan fingerprint density at radius 1 is 0.553 bits per heavy atom. The van der Waals surface area contributed by atoms with Crippen LogP contribution in [0.25, 0.3) is 0 Å². The minimum Gasteiger partial charge on any atom is -0.478 e. The topological polar surface area (TPSA) is 130 Å². The van der Waals surface area contributed by atoms with E-state index in [4.69, 9.17) is 0 Å². The maximum atomic E-state index is 13.7. The van der Waals surface area contributed by atoms with Crippen LogP contribution in [0.15, 0.2) is 91.0 Å². The largest absolute Gasteiger partial charge is 0.478 e. The van der Waals surface area contributed by atoms with Crippen molar-refractivity contribution in [2.24, 2.45) is 0 Å². The van der Waals surface area contributed by atoms with E-state index >= 15 is 0 Å². The number of nitrogens with one attached hydrogen (secondary N) is 2. The third-order valence-corrected chi connectivity index (χ3v) is 5.96. The van der Waals surface area contributed by atoms with Crippen molar-refractivity contribution in [2.75, 3.05) is 10.6 Å². The van der Waals surface area contributed by atoms with Crippen LogP contribution in [0.4, 0.5) is 11.4 Å². The smallest absolute Gasteiger partial charge is 0.335 e. The van der Waals surface area contributed by atoms with E-state index in [-0.39, 0.29) is 57.2 Å². The van der Waals surface area contributed by atoms with Gasteiger partial charge in [0.25, 0.3) is 11.8 Å². The number of anilines is 2. The molecule has 1 aliphatic carbocycles. The number of benzene rings is 4. The number of rotatable bonds is 5. The lowest BCUT2D eigenvalue weighted by Crippen LogP contribution is -2.26. The summed E-state index contributed by atoms with van der Waals surface area (Å²) < 4.78 is 0. The SMILES string of the molecule is Cl.O=C(O)c1cc(NC(=O)c2ccccc2)c2c(c1)C(=O)c1c(NC(=O)c3ccccc3)cccc1C2=O. The highest BCUT2D eigenvalue weighted by molar-refractivity contribution is 6.33. The summed E-state index contributed by atoms with van der Waals surface area (Å²) in [5.41, 5.74) is 0.0799. The molecule has 0 saturated heterocycles. The average molecular weight is 527 g/mol. The molecule has 0 unspecified atom stereocenters. The first-order valence-corrected chi connectivity index (χ1v) is 11.2. The molecule has 0 radical (unpaired) electrons. The lowest BCUT2D eigenvalue weighted by Gasteiger charge is -2.23. The molecule has 0 atom stereocenters. The van der Waals surface area contributed by atoms with Crippen molar-refractivity contribution in [3.63, 3.8) is 0 Å². The Kier molecular flexibility index (Phi) is 7.18. The monoisotopic (exact) mass is 526 g/mol. The van der Waals surface area contributed by atoms with Crippen molar-refractivity contribution < 1.29 is 29.1 Å². The van der Waals surface area contributed by atoms with E-state index in [0.29, 0.717) is 5.56 Å². The molecule has 0 aromatic heterocycles. The van der Waals surface area contributed by atoms with Gasteiger partial charge >= 0.3 is 5.97 Å². The van der Waals surface area contributed by atoms with Gasteiger partial charge in [0.2, 0.25) is 0 Å². The summed E-state index contributed by atoms with van der Waals surface area (Å²) in [6, 6.07) is 23.3. The predicted molar refractivity (Wildman–Crippen MR) is 143 cm³/mol. The van der Waals surface area contributed by atoms with Crippen molar-refractivity contribution in [2.45, 2.75) is 0 Å². The molecule has 3 N–H and O–H groups in total. The van der Waals surface area contributed by atoms with Crippen LogP contribution in [0.2, 0.25) is 0 Å². The molecule has 4 aromatic carbocycles. The van der Waals surface area contributed by atoms with Crippen LogP contribution in [-0.2, 0) is 0 Å². The fourth-order valence-corrected chi connectivity index (χ4v) is 4.22. The van der Waals surface area contributed by atoms with Crippen molar-refractivity contribution in [3.05, 3.63) is 130 Å². The summed E-state index contributed by atoms with van der Waals surface area (Å²) in [6.45, 7) is 0. The predicted octanol–water partition coefficient (Wildman–Crippen LogP) is 5.09. The quantitative estimate of drug-likeness (QED) is 0.292. The number of ketones is 2. The summed E-state index contributed by atoms with van der Waals surface area (Å²) in [5, 5.41) is 14.9. The lowest BCUT2D eigenvalue weighted by molar-refractivity contribution is 0.0695. The number of aromatic carboxylic acids is 1. The maximum absolute atomic E-state index is 13.7. The Labute approximate surface area is 222 Å². The molecule has 0 aliphatic heterocycles. The van der Waals surface area contributed by atoms with Crippen molar-refractivity contribution >= 4 is 53.1 Å². The number of hydrogen-bond acceptors (Lipinski definition) is 5. The summed E-state index contributed by atoms with van der Waals surface area (Å²) in [4.78, 5) is 64.7. The molecular weight excluding hydrogens is 508 g/mol. The van der Waals surface area contributed by atoms with E-state index in [1.165, 1.54) is 18.2 Å². The van der Waals surface area contributed by atoms with Gasteiger partial charge in [-0.25, -0.2) is 4.79 Å². The third-order valence-electron chi connectivity index (χ3n) is 5.96. The van der Waals surface area contributed by atoms with Gasteiger partial charge in [0.15, 0.2) is 11.6 Å². The first-order chi connectivity index (χ1) is 17.8. The molecule has 38 heavy (non-hydrogen) atoms. The molecule has 0 bridgehead atoms. The van der Waals surface area contributed by atoms with Gasteiger partial charge in [-0.3, -0.25) is 19.2 Å². The Bertz CT molecular complexity index is 1620. The molecule has 0 heterocycles. The first-order valence-electron chi connectivity index (χ1n) is 11.2. The number of halogens is 1. The zero-order valence-corrected chi connectivity index (χ0v) is 20.4. The van der Waals surface area contributed by atoms with Crippen molar-refractivity contribution in [1.82, 2.24) is 0 Å². The van der Waals surface area contributed by atoms with Crippen LogP contribution in [-0.4, -0.2) is 34.5 Å². The third kappa shape index (κ3) is 4.68. The van der Waals surface area contributed by atoms with Crippen LogP contribution in [0.5, 0.6) is 0 Å². The minimum atomic E-state index is -1.34. The highest BCUT2D eigenvalue weighted by atomic mass is 35.5. The number of amides is 2. The normalized spacial score (nSPS) is 11.5. The van der Waals surface area contributed by atoms with Crippen LogP contribution in [0.3, 0.4) is 0 Å².